The molecule has 2 aromatic rings. The zero-order valence-corrected chi connectivity index (χ0v) is 5.83. The molecule has 1 aromatic heterocycles. The van der Waals surface area contributed by atoms with Crippen LogP contribution in [0.5, 0.6) is 0 Å². The average Bonchev–Trinajstić information content (AvgIpc) is 2.50. The van der Waals surface area contributed by atoms with Gasteiger partial charge in [0.15, 0.2) is 0 Å². The van der Waals surface area contributed by atoms with Gasteiger partial charge in [0.2, 0.25) is 0 Å². The summed E-state index contributed by atoms with van der Waals surface area (Å²) in [4.78, 5) is 0. The summed E-state index contributed by atoms with van der Waals surface area (Å²) in [5.74, 6) is 5.28. The van der Waals surface area contributed by atoms with Gasteiger partial charge in [-0.2, -0.15) is 5.10 Å². The quantitative estimate of drug-likeness (QED) is 0.415. The minimum Gasteiger partial charge on any atom is -0.323 e. The molecule has 1 aromatic carbocycles. The lowest BCUT2D eigenvalue weighted by atomic mass is 10.2. The van der Waals surface area contributed by atoms with Crippen molar-refractivity contribution < 1.29 is 0 Å². The number of nitrogen functional groups attached to an aromatic ring is 1. The van der Waals surface area contributed by atoms with Crippen LogP contribution in [0.15, 0.2) is 24.4 Å². The molecule has 0 bridgehead atoms. The third kappa shape index (κ3) is 0.841. The van der Waals surface area contributed by atoms with Crippen LogP contribution >= 0.6 is 0 Å². The summed E-state index contributed by atoms with van der Waals surface area (Å²) in [7, 11) is 0. The second-order valence-electron chi connectivity index (χ2n) is 2.28. The Labute approximate surface area is 63.4 Å². The maximum absolute atomic E-state index is 5.28. The number of aromatic nitrogens is 2. The normalized spacial score (nSPS) is 10.3. The van der Waals surface area contributed by atoms with Gasteiger partial charge in [-0.05, 0) is 12.1 Å². The highest BCUT2D eigenvalue weighted by Gasteiger charge is 1.98. The summed E-state index contributed by atoms with van der Waals surface area (Å²) in [5.41, 5.74) is 4.47. The van der Waals surface area contributed by atoms with Crippen molar-refractivity contribution in [3.05, 3.63) is 24.4 Å². The van der Waals surface area contributed by atoms with Crippen molar-refractivity contribution in [1.29, 1.82) is 0 Å². The van der Waals surface area contributed by atoms with Gasteiger partial charge in [0.25, 0.3) is 0 Å². The Bertz CT molecular complexity index is 365. The molecule has 4 heteroatoms. The Kier molecular flexibility index (Phi) is 1.26. The molecule has 2 rings (SSSR count). The van der Waals surface area contributed by atoms with E-state index in [1.807, 2.05) is 18.2 Å². The van der Waals surface area contributed by atoms with Gasteiger partial charge in [0, 0.05) is 5.39 Å². The van der Waals surface area contributed by atoms with E-state index in [0.29, 0.717) is 0 Å². The van der Waals surface area contributed by atoms with E-state index in [0.717, 1.165) is 16.6 Å². The number of H-pyrrole nitrogens is 1. The van der Waals surface area contributed by atoms with Crippen LogP contribution in [0.3, 0.4) is 0 Å². The third-order valence-electron chi connectivity index (χ3n) is 1.64. The summed E-state index contributed by atoms with van der Waals surface area (Å²) in [6, 6.07) is 5.76. The number of benzene rings is 1. The van der Waals surface area contributed by atoms with Crippen molar-refractivity contribution in [2.45, 2.75) is 0 Å². The largest absolute Gasteiger partial charge is 0.323 e. The Morgan fingerprint density at radius 2 is 2.36 bits per heavy atom. The molecule has 0 amide bonds. The topological polar surface area (TPSA) is 66.7 Å². The van der Waals surface area contributed by atoms with Crippen LogP contribution < -0.4 is 11.3 Å². The van der Waals surface area contributed by atoms with Crippen LogP contribution in [0, 0.1) is 0 Å². The Hall–Kier alpha value is -1.55. The highest BCUT2D eigenvalue weighted by molar-refractivity contribution is 5.90. The SMILES string of the molecule is NNc1cccc2[nH]ncc12. The van der Waals surface area contributed by atoms with E-state index in [9.17, 15) is 0 Å². The number of anilines is 1. The summed E-state index contributed by atoms with van der Waals surface area (Å²) >= 11 is 0. The Balaban J connectivity index is 2.79. The maximum Gasteiger partial charge on any atom is 0.0671 e. The highest BCUT2D eigenvalue weighted by atomic mass is 15.2. The van der Waals surface area contributed by atoms with Crippen molar-refractivity contribution in [2.24, 2.45) is 5.84 Å². The molecule has 0 aliphatic carbocycles. The maximum atomic E-state index is 5.28. The molecule has 4 nitrogen and oxygen atoms in total. The molecule has 0 unspecified atom stereocenters. The molecule has 11 heavy (non-hydrogen) atoms. The number of aromatic amines is 1. The van der Waals surface area contributed by atoms with E-state index in [2.05, 4.69) is 15.6 Å². The van der Waals surface area contributed by atoms with Gasteiger partial charge in [0.05, 0.1) is 17.4 Å². The first kappa shape index (κ1) is 6.18. The average molecular weight is 148 g/mol. The molecule has 4 N–H and O–H groups in total. The minimum absolute atomic E-state index is 0.885. The fraction of sp³-hybridized carbons (Fsp3) is 0. The van der Waals surface area contributed by atoms with Crippen molar-refractivity contribution in [2.75, 3.05) is 5.43 Å². The second-order valence-corrected chi connectivity index (χ2v) is 2.28. The molecule has 0 saturated heterocycles. The first-order chi connectivity index (χ1) is 5.42. The van der Waals surface area contributed by atoms with E-state index in [1.54, 1.807) is 6.20 Å². The van der Waals surface area contributed by atoms with Gasteiger partial charge >= 0.3 is 0 Å². The molecule has 0 aliphatic rings. The van der Waals surface area contributed by atoms with Gasteiger partial charge in [-0.3, -0.25) is 10.9 Å². The number of fused-ring (bicyclic) bond motifs is 1. The fourth-order valence-electron chi connectivity index (χ4n) is 1.09. The molecule has 0 aliphatic heterocycles. The lowest BCUT2D eigenvalue weighted by molar-refractivity contribution is 1.12. The molecule has 0 saturated carbocycles. The number of hydrogen-bond acceptors (Lipinski definition) is 3. The van der Waals surface area contributed by atoms with Crippen molar-refractivity contribution in [1.82, 2.24) is 10.2 Å². The summed E-state index contributed by atoms with van der Waals surface area (Å²) in [6.45, 7) is 0. The minimum atomic E-state index is 0.885. The monoisotopic (exact) mass is 148 g/mol. The van der Waals surface area contributed by atoms with Gasteiger partial charge < -0.3 is 5.43 Å². The second kappa shape index (κ2) is 2.25. The summed E-state index contributed by atoms with van der Waals surface area (Å²) in [5, 5.41) is 7.75. The number of nitrogens with one attached hydrogen (secondary N) is 2. The zero-order chi connectivity index (χ0) is 7.68. The van der Waals surface area contributed by atoms with Gasteiger partial charge in [-0.25, -0.2) is 0 Å². The molecular weight excluding hydrogens is 140 g/mol. The lowest BCUT2D eigenvalue weighted by Crippen LogP contribution is -2.06. The highest BCUT2D eigenvalue weighted by Crippen LogP contribution is 2.19. The number of nitrogens with zero attached hydrogens (tertiary/aromatic N) is 1. The molecular formula is C7H8N4. The van der Waals surface area contributed by atoms with Gasteiger partial charge in [-0.1, -0.05) is 6.07 Å². The Morgan fingerprint density at radius 1 is 1.45 bits per heavy atom. The third-order valence-corrected chi connectivity index (χ3v) is 1.64. The van der Waals surface area contributed by atoms with Crippen LogP contribution in [0.25, 0.3) is 10.9 Å². The first-order valence-corrected chi connectivity index (χ1v) is 3.30. The van der Waals surface area contributed by atoms with E-state index in [1.165, 1.54) is 0 Å². The number of rotatable bonds is 1. The van der Waals surface area contributed by atoms with Crippen LogP contribution in [0.1, 0.15) is 0 Å². The number of hydrogen-bond donors (Lipinski definition) is 3. The van der Waals surface area contributed by atoms with Crippen molar-refractivity contribution in [3.63, 3.8) is 0 Å². The predicted molar refractivity (Wildman–Crippen MR) is 43.9 cm³/mol. The van der Waals surface area contributed by atoms with E-state index < -0.39 is 0 Å². The number of hydrazine groups is 1. The molecule has 0 spiro atoms. The predicted octanol–water partition coefficient (Wildman–Crippen LogP) is 0.849. The standard InChI is InChI=1S/C7H8N4/c8-10-6-2-1-3-7-5(6)4-9-11-7/h1-4,10H,8H2,(H,9,11). The van der Waals surface area contributed by atoms with Crippen LogP contribution in [0.4, 0.5) is 5.69 Å². The van der Waals surface area contributed by atoms with Crippen molar-refractivity contribution >= 4 is 16.6 Å². The summed E-state index contributed by atoms with van der Waals surface area (Å²) < 4.78 is 0. The molecule has 0 radical (unpaired) electrons. The van der Waals surface area contributed by atoms with Crippen LogP contribution in [-0.4, -0.2) is 10.2 Å². The van der Waals surface area contributed by atoms with Gasteiger partial charge in [0.1, 0.15) is 0 Å². The smallest absolute Gasteiger partial charge is 0.0671 e. The van der Waals surface area contributed by atoms with Crippen LogP contribution in [-0.2, 0) is 0 Å². The molecule has 1 heterocycles. The lowest BCUT2D eigenvalue weighted by Gasteiger charge is -1.98. The van der Waals surface area contributed by atoms with E-state index >= 15 is 0 Å². The molecule has 0 fully saturated rings. The fourth-order valence-corrected chi connectivity index (χ4v) is 1.09. The molecule has 56 valence electrons. The van der Waals surface area contributed by atoms with E-state index in [-0.39, 0.29) is 0 Å². The van der Waals surface area contributed by atoms with Gasteiger partial charge in [-0.15, -0.1) is 0 Å². The zero-order valence-electron chi connectivity index (χ0n) is 5.83. The van der Waals surface area contributed by atoms with Crippen molar-refractivity contribution in [3.8, 4) is 0 Å². The molecule has 0 atom stereocenters. The van der Waals surface area contributed by atoms with Crippen LogP contribution in [0.2, 0.25) is 0 Å². The summed E-state index contributed by atoms with van der Waals surface area (Å²) in [6.07, 6.45) is 1.74. The number of nitrogens with two attached hydrogens (primary N) is 1. The van der Waals surface area contributed by atoms with E-state index in [4.69, 9.17) is 5.84 Å². The first-order valence-electron chi connectivity index (χ1n) is 3.30. The Morgan fingerprint density at radius 3 is 3.18 bits per heavy atom.